The van der Waals surface area contributed by atoms with E-state index in [1.54, 1.807) is 0 Å². The van der Waals surface area contributed by atoms with E-state index in [0.29, 0.717) is 5.96 Å². The number of amides is 1. The molecule has 0 aliphatic heterocycles. The van der Waals surface area contributed by atoms with Crippen LogP contribution in [0.2, 0.25) is 0 Å². The van der Waals surface area contributed by atoms with Crippen molar-refractivity contribution < 1.29 is 4.79 Å². The summed E-state index contributed by atoms with van der Waals surface area (Å²) in [5.74, 6) is 0.641. The van der Waals surface area contributed by atoms with Gasteiger partial charge in [-0.2, -0.15) is 0 Å². The third-order valence-corrected chi connectivity index (χ3v) is 3.52. The van der Waals surface area contributed by atoms with Gasteiger partial charge >= 0.3 is 0 Å². The Labute approximate surface area is 152 Å². The van der Waals surface area contributed by atoms with Crippen LogP contribution in [-0.2, 0) is 11.2 Å². The monoisotopic (exact) mass is 346 g/mol. The lowest BCUT2D eigenvalue weighted by molar-refractivity contribution is -0.121. The van der Waals surface area contributed by atoms with Gasteiger partial charge in [-0.05, 0) is 52.5 Å². The summed E-state index contributed by atoms with van der Waals surface area (Å²) >= 11 is 0. The molecule has 140 valence electrons. The number of aliphatic imine (C=N–C) groups is 1. The van der Waals surface area contributed by atoms with Crippen LogP contribution >= 0.6 is 0 Å². The molecule has 3 N–H and O–H groups in total. The fourth-order valence-electron chi connectivity index (χ4n) is 2.43. The molecular weight excluding hydrogens is 312 g/mol. The molecule has 0 spiro atoms. The second kappa shape index (κ2) is 11.5. The fraction of sp³-hybridized carbons (Fsp3) is 0.600. The normalized spacial score (nSPS) is 11.9. The maximum absolute atomic E-state index is 11.8. The lowest BCUT2D eigenvalue weighted by atomic mass is 10.1. The molecule has 0 atom stereocenters. The van der Waals surface area contributed by atoms with Crippen molar-refractivity contribution in [2.45, 2.75) is 58.9 Å². The molecule has 5 heteroatoms. The fourth-order valence-corrected chi connectivity index (χ4v) is 2.43. The number of benzene rings is 1. The van der Waals surface area contributed by atoms with Gasteiger partial charge in [0, 0.05) is 18.6 Å². The van der Waals surface area contributed by atoms with E-state index in [2.05, 4.69) is 51.3 Å². The smallest absolute Gasteiger partial charge is 0.242 e. The quantitative estimate of drug-likeness (QED) is 0.366. The number of hydrogen-bond acceptors (Lipinski definition) is 2. The number of nitrogens with one attached hydrogen (secondary N) is 3. The number of unbranched alkanes of at least 4 members (excludes halogenated alkanes) is 2. The van der Waals surface area contributed by atoms with E-state index in [1.165, 1.54) is 18.4 Å². The molecule has 0 aromatic heterocycles. The molecule has 1 rings (SSSR count). The van der Waals surface area contributed by atoms with Crippen LogP contribution in [0, 0.1) is 0 Å². The predicted octanol–water partition coefficient (Wildman–Crippen LogP) is 2.87. The van der Waals surface area contributed by atoms with E-state index in [0.717, 1.165) is 25.9 Å². The second-order valence-electron chi connectivity index (χ2n) is 7.22. The summed E-state index contributed by atoms with van der Waals surface area (Å²) in [4.78, 5) is 16.2. The van der Waals surface area contributed by atoms with Gasteiger partial charge < -0.3 is 16.0 Å². The van der Waals surface area contributed by atoms with Crippen molar-refractivity contribution in [3.8, 4) is 0 Å². The number of rotatable bonds is 9. The number of nitrogens with zero attached hydrogens (tertiary/aromatic N) is 1. The first-order chi connectivity index (χ1) is 11.9. The van der Waals surface area contributed by atoms with Crippen molar-refractivity contribution >= 4 is 11.9 Å². The first-order valence-corrected chi connectivity index (χ1v) is 9.28. The summed E-state index contributed by atoms with van der Waals surface area (Å²) in [7, 11) is 0. The number of carbonyl (C=O) groups is 1. The molecule has 1 aromatic rings. The highest BCUT2D eigenvalue weighted by atomic mass is 16.2. The van der Waals surface area contributed by atoms with Crippen LogP contribution in [0.5, 0.6) is 0 Å². The average Bonchev–Trinajstić information content (AvgIpc) is 2.55. The molecular formula is C20H34N4O. The zero-order chi connectivity index (χ0) is 18.5. The van der Waals surface area contributed by atoms with Crippen molar-refractivity contribution in [3.05, 3.63) is 35.9 Å². The van der Waals surface area contributed by atoms with Crippen molar-refractivity contribution in [3.63, 3.8) is 0 Å². The molecule has 0 saturated heterocycles. The maximum atomic E-state index is 11.8. The highest BCUT2D eigenvalue weighted by molar-refractivity contribution is 5.85. The van der Waals surface area contributed by atoms with Gasteiger partial charge in [0.15, 0.2) is 5.96 Å². The minimum absolute atomic E-state index is 0.0624. The molecule has 1 amide bonds. The van der Waals surface area contributed by atoms with Gasteiger partial charge in [0.2, 0.25) is 5.91 Å². The number of aryl methyl sites for hydroxylation is 1. The molecule has 0 unspecified atom stereocenters. The molecule has 0 saturated carbocycles. The van der Waals surface area contributed by atoms with E-state index >= 15 is 0 Å². The van der Waals surface area contributed by atoms with Crippen molar-refractivity contribution in [1.82, 2.24) is 16.0 Å². The summed E-state index contributed by atoms with van der Waals surface area (Å²) < 4.78 is 0. The second-order valence-corrected chi connectivity index (χ2v) is 7.22. The van der Waals surface area contributed by atoms with Crippen LogP contribution in [0.25, 0.3) is 0 Å². The Morgan fingerprint density at radius 2 is 1.76 bits per heavy atom. The lowest BCUT2D eigenvalue weighted by Crippen LogP contribution is -2.43. The van der Waals surface area contributed by atoms with Gasteiger partial charge in [0.05, 0.1) is 0 Å². The molecule has 0 aliphatic carbocycles. The summed E-state index contributed by atoms with van der Waals surface area (Å²) in [5.41, 5.74) is 1.17. The minimum Gasteiger partial charge on any atom is -0.357 e. The molecule has 0 radical (unpaired) electrons. The molecule has 0 fully saturated rings. The van der Waals surface area contributed by atoms with Gasteiger partial charge in [0.25, 0.3) is 0 Å². The van der Waals surface area contributed by atoms with Crippen LogP contribution in [-0.4, -0.2) is 37.0 Å². The SMILES string of the molecule is CCNC(=NCC(=O)NC(C)(C)C)NCCCCCc1ccccc1. The third kappa shape index (κ3) is 11.2. The lowest BCUT2D eigenvalue weighted by Gasteiger charge is -2.20. The van der Waals surface area contributed by atoms with Crippen LogP contribution < -0.4 is 16.0 Å². The largest absolute Gasteiger partial charge is 0.357 e. The first-order valence-electron chi connectivity index (χ1n) is 9.28. The van der Waals surface area contributed by atoms with E-state index < -0.39 is 0 Å². The van der Waals surface area contributed by atoms with Gasteiger partial charge in [-0.15, -0.1) is 0 Å². The van der Waals surface area contributed by atoms with Gasteiger partial charge in [-0.3, -0.25) is 4.79 Å². The Morgan fingerprint density at radius 1 is 1.04 bits per heavy atom. The van der Waals surface area contributed by atoms with Crippen LogP contribution in [0.15, 0.2) is 35.3 Å². The van der Waals surface area contributed by atoms with Gasteiger partial charge in [-0.1, -0.05) is 36.8 Å². The summed E-state index contributed by atoms with van der Waals surface area (Å²) in [6, 6.07) is 10.6. The Morgan fingerprint density at radius 3 is 2.40 bits per heavy atom. The zero-order valence-corrected chi connectivity index (χ0v) is 16.2. The van der Waals surface area contributed by atoms with E-state index in [-0.39, 0.29) is 18.0 Å². The maximum Gasteiger partial charge on any atom is 0.242 e. The molecule has 0 aliphatic rings. The Hall–Kier alpha value is -2.04. The molecule has 1 aromatic carbocycles. The average molecular weight is 347 g/mol. The standard InChI is InChI=1S/C20H34N4O/c1-5-21-19(23-16-18(25)24-20(2,3)4)22-15-11-7-10-14-17-12-8-6-9-13-17/h6,8-9,12-13H,5,7,10-11,14-16H2,1-4H3,(H,24,25)(H2,21,22,23). The van der Waals surface area contributed by atoms with E-state index in [9.17, 15) is 4.79 Å². The summed E-state index contributed by atoms with van der Waals surface area (Å²) in [6.07, 6.45) is 4.58. The Balaban J connectivity index is 2.23. The number of guanidine groups is 1. The third-order valence-electron chi connectivity index (χ3n) is 3.52. The van der Waals surface area contributed by atoms with Gasteiger partial charge in [-0.25, -0.2) is 4.99 Å². The van der Waals surface area contributed by atoms with E-state index in [1.807, 2.05) is 27.7 Å². The Kier molecular flexibility index (Phi) is 9.66. The predicted molar refractivity (Wildman–Crippen MR) is 106 cm³/mol. The Bertz CT molecular complexity index is 520. The molecule has 5 nitrogen and oxygen atoms in total. The van der Waals surface area contributed by atoms with Gasteiger partial charge in [0.1, 0.15) is 6.54 Å². The zero-order valence-electron chi connectivity index (χ0n) is 16.2. The highest BCUT2D eigenvalue weighted by Crippen LogP contribution is 2.05. The molecule has 0 heterocycles. The number of carbonyl (C=O) groups excluding carboxylic acids is 1. The minimum atomic E-state index is -0.225. The topological polar surface area (TPSA) is 65.5 Å². The summed E-state index contributed by atoms with van der Waals surface area (Å²) in [6.45, 7) is 9.70. The van der Waals surface area contributed by atoms with Crippen LogP contribution in [0.1, 0.15) is 52.5 Å². The first kappa shape index (κ1) is 21.0. The number of hydrogen-bond donors (Lipinski definition) is 3. The highest BCUT2D eigenvalue weighted by Gasteiger charge is 2.13. The van der Waals surface area contributed by atoms with Crippen molar-refractivity contribution in [1.29, 1.82) is 0 Å². The van der Waals surface area contributed by atoms with Crippen LogP contribution in [0.3, 0.4) is 0 Å². The van der Waals surface area contributed by atoms with Crippen molar-refractivity contribution in [2.75, 3.05) is 19.6 Å². The molecule has 25 heavy (non-hydrogen) atoms. The summed E-state index contributed by atoms with van der Waals surface area (Å²) in [5, 5.41) is 9.39. The molecule has 0 bridgehead atoms. The van der Waals surface area contributed by atoms with Crippen LogP contribution in [0.4, 0.5) is 0 Å². The van der Waals surface area contributed by atoms with E-state index in [4.69, 9.17) is 0 Å². The van der Waals surface area contributed by atoms with Crippen molar-refractivity contribution in [2.24, 2.45) is 4.99 Å².